The van der Waals surface area contributed by atoms with E-state index in [0.717, 1.165) is 0 Å². The molecule has 0 saturated heterocycles. The Labute approximate surface area is 178 Å². The van der Waals surface area contributed by atoms with E-state index in [1.807, 2.05) is 0 Å². The lowest BCUT2D eigenvalue weighted by Crippen LogP contribution is -2.15. The number of benzene rings is 1. The van der Waals surface area contributed by atoms with Gasteiger partial charge < -0.3 is 9.30 Å². The molecule has 0 unspecified atom stereocenters. The summed E-state index contributed by atoms with van der Waals surface area (Å²) < 4.78 is 45.6. The molecule has 158 valence electrons. The lowest BCUT2D eigenvalue weighted by molar-refractivity contribution is 0.426. The summed E-state index contributed by atoms with van der Waals surface area (Å²) in [6.45, 7) is 1.77. The predicted molar refractivity (Wildman–Crippen MR) is 112 cm³/mol. The summed E-state index contributed by atoms with van der Waals surface area (Å²) in [4.78, 5) is 20.2. The second-order valence-electron chi connectivity index (χ2n) is 6.63. The first kappa shape index (κ1) is 21.9. The number of rotatable bonds is 7. The van der Waals surface area contributed by atoms with Crippen molar-refractivity contribution in [3.63, 3.8) is 0 Å². The van der Waals surface area contributed by atoms with Gasteiger partial charge in [-0.2, -0.15) is 4.98 Å². The molecule has 0 amide bonds. The van der Waals surface area contributed by atoms with Crippen LogP contribution in [-0.2, 0) is 22.6 Å². The minimum absolute atomic E-state index is 0.00150. The molecule has 3 rings (SSSR count). The number of para-hydroxylation sites is 1. The lowest BCUT2D eigenvalue weighted by Gasteiger charge is -2.11. The molecule has 3 aromatic rings. The lowest BCUT2D eigenvalue weighted by atomic mass is 10.2. The average Bonchev–Trinajstić information content (AvgIpc) is 2.66. The standard InChI is InChI=1S/C20H19ClFN3O4S/c1-3-9-30(27,28)12-14-10-17(29-19-15(21)5-4-6-16(19)22)24-20(23-14)13-7-8-18(26)25(2)11-13/h4-8,10-11H,3,9,12H2,1-2H3. The average molecular weight is 452 g/mol. The van der Waals surface area contributed by atoms with Crippen molar-refractivity contribution in [2.24, 2.45) is 7.05 Å². The van der Waals surface area contributed by atoms with Crippen LogP contribution in [0.4, 0.5) is 4.39 Å². The fourth-order valence-electron chi connectivity index (χ4n) is 2.75. The van der Waals surface area contributed by atoms with Crippen LogP contribution in [0.1, 0.15) is 19.0 Å². The van der Waals surface area contributed by atoms with Crippen molar-refractivity contribution < 1.29 is 17.5 Å². The van der Waals surface area contributed by atoms with Crippen molar-refractivity contribution in [2.45, 2.75) is 19.1 Å². The maximum atomic E-state index is 14.1. The van der Waals surface area contributed by atoms with E-state index >= 15 is 0 Å². The van der Waals surface area contributed by atoms with Crippen LogP contribution in [0.3, 0.4) is 0 Å². The maximum absolute atomic E-state index is 14.1. The fraction of sp³-hybridized carbons (Fsp3) is 0.250. The monoisotopic (exact) mass is 451 g/mol. The fourth-order valence-corrected chi connectivity index (χ4v) is 4.31. The Balaban J connectivity index is 2.10. The summed E-state index contributed by atoms with van der Waals surface area (Å²) in [7, 11) is -1.84. The van der Waals surface area contributed by atoms with E-state index in [4.69, 9.17) is 16.3 Å². The highest BCUT2D eigenvalue weighted by Crippen LogP contribution is 2.32. The van der Waals surface area contributed by atoms with E-state index in [9.17, 15) is 17.6 Å². The van der Waals surface area contributed by atoms with Gasteiger partial charge >= 0.3 is 0 Å². The highest BCUT2D eigenvalue weighted by molar-refractivity contribution is 7.90. The number of aryl methyl sites for hydroxylation is 1. The molecule has 0 bridgehead atoms. The molecule has 10 heteroatoms. The number of halogens is 2. The zero-order valence-electron chi connectivity index (χ0n) is 16.3. The third-order valence-electron chi connectivity index (χ3n) is 4.11. The molecule has 7 nitrogen and oxygen atoms in total. The summed E-state index contributed by atoms with van der Waals surface area (Å²) in [5.41, 5.74) is 0.427. The number of hydrogen-bond acceptors (Lipinski definition) is 6. The summed E-state index contributed by atoms with van der Waals surface area (Å²) in [5, 5.41) is 0.0393. The van der Waals surface area contributed by atoms with Gasteiger partial charge in [0.1, 0.15) is 0 Å². The van der Waals surface area contributed by atoms with Crippen molar-refractivity contribution in [3.8, 4) is 23.0 Å². The van der Waals surface area contributed by atoms with Crippen LogP contribution in [0.2, 0.25) is 5.02 Å². The third-order valence-corrected chi connectivity index (χ3v) is 6.17. The Kier molecular flexibility index (Phi) is 6.52. The number of nitrogens with zero attached hydrogens (tertiary/aromatic N) is 3. The van der Waals surface area contributed by atoms with Crippen molar-refractivity contribution >= 4 is 21.4 Å². The smallest absolute Gasteiger partial charge is 0.250 e. The van der Waals surface area contributed by atoms with E-state index in [-0.39, 0.29) is 45.2 Å². The Hall–Kier alpha value is -2.78. The van der Waals surface area contributed by atoms with Gasteiger partial charge in [0.25, 0.3) is 0 Å². The zero-order chi connectivity index (χ0) is 21.9. The SMILES string of the molecule is CCCS(=O)(=O)Cc1cc(Oc2c(F)cccc2Cl)nc(-c2ccc(=O)n(C)c2)n1. The minimum Gasteiger partial charge on any atom is -0.434 e. The minimum atomic E-state index is -3.41. The second kappa shape index (κ2) is 8.93. The molecule has 0 atom stereocenters. The number of ether oxygens (including phenoxy) is 1. The molecular formula is C20H19ClFN3O4S. The van der Waals surface area contributed by atoms with Crippen molar-refractivity contribution in [2.75, 3.05) is 5.75 Å². The van der Waals surface area contributed by atoms with Crippen molar-refractivity contribution in [1.29, 1.82) is 0 Å². The van der Waals surface area contributed by atoms with Gasteiger partial charge in [-0.15, -0.1) is 0 Å². The van der Waals surface area contributed by atoms with Gasteiger partial charge in [0.2, 0.25) is 11.4 Å². The van der Waals surface area contributed by atoms with Crippen LogP contribution in [0.5, 0.6) is 11.6 Å². The van der Waals surface area contributed by atoms with Gasteiger partial charge in [0.15, 0.2) is 27.2 Å². The Bertz CT molecular complexity index is 1220. The van der Waals surface area contributed by atoms with Crippen molar-refractivity contribution in [1.82, 2.24) is 14.5 Å². The number of pyridine rings is 1. The first-order chi connectivity index (χ1) is 14.2. The quantitative estimate of drug-likeness (QED) is 0.543. The molecule has 0 fully saturated rings. The number of hydrogen-bond donors (Lipinski definition) is 0. The van der Waals surface area contributed by atoms with E-state index in [1.165, 1.54) is 47.2 Å². The molecule has 0 aliphatic carbocycles. The first-order valence-electron chi connectivity index (χ1n) is 9.06. The van der Waals surface area contributed by atoms with Crippen LogP contribution in [0.25, 0.3) is 11.4 Å². The van der Waals surface area contributed by atoms with Crippen LogP contribution in [0.15, 0.2) is 47.4 Å². The van der Waals surface area contributed by atoms with Crippen LogP contribution >= 0.6 is 11.6 Å². The normalized spacial score (nSPS) is 11.5. The van der Waals surface area contributed by atoms with Gasteiger partial charge in [0, 0.05) is 30.9 Å². The molecule has 0 radical (unpaired) electrons. The Morgan fingerprint density at radius 1 is 1.20 bits per heavy atom. The molecule has 2 aromatic heterocycles. The largest absolute Gasteiger partial charge is 0.434 e. The van der Waals surface area contributed by atoms with Gasteiger partial charge in [-0.1, -0.05) is 24.6 Å². The highest BCUT2D eigenvalue weighted by Gasteiger charge is 2.18. The summed E-state index contributed by atoms with van der Waals surface area (Å²) in [6, 6.07) is 8.27. The topological polar surface area (TPSA) is 91.2 Å². The molecule has 2 heterocycles. The number of aromatic nitrogens is 3. The van der Waals surface area contributed by atoms with E-state index in [2.05, 4.69) is 9.97 Å². The first-order valence-corrected chi connectivity index (χ1v) is 11.3. The Morgan fingerprint density at radius 2 is 1.97 bits per heavy atom. The molecule has 0 aliphatic rings. The van der Waals surface area contributed by atoms with Crippen LogP contribution in [-0.4, -0.2) is 28.7 Å². The van der Waals surface area contributed by atoms with Crippen LogP contribution in [0, 0.1) is 5.82 Å². The van der Waals surface area contributed by atoms with E-state index < -0.39 is 15.7 Å². The van der Waals surface area contributed by atoms with Crippen molar-refractivity contribution in [3.05, 3.63) is 69.5 Å². The zero-order valence-corrected chi connectivity index (χ0v) is 17.9. The summed E-state index contributed by atoms with van der Waals surface area (Å²) in [6.07, 6.45) is 1.98. The molecule has 0 N–H and O–H groups in total. The highest BCUT2D eigenvalue weighted by atomic mass is 35.5. The molecule has 0 saturated carbocycles. The van der Waals surface area contributed by atoms with E-state index in [0.29, 0.717) is 12.0 Å². The van der Waals surface area contributed by atoms with E-state index in [1.54, 1.807) is 14.0 Å². The van der Waals surface area contributed by atoms with Gasteiger partial charge in [0.05, 0.1) is 22.2 Å². The molecule has 30 heavy (non-hydrogen) atoms. The number of sulfone groups is 1. The Morgan fingerprint density at radius 3 is 2.63 bits per heavy atom. The van der Waals surface area contributed by atoms with Gasteiger partial charge in [-0.05, 0) is 24.6 Å². The second-order valence-corrected chi connectivity index (χ2v) is 9.22. The van der Waals surface area contributed by atoms with Gasteiger partial charge in [-0.3, -0.25) is 4.79 Å². The summed E-state index contributed by atoms with van der Waals surface area (Å²) in [5.74, 6) is -1.18. The molecular weight excluding hydrogens is 433 g/mol. The molecule has 0 spiro atoms. The summed E-state index contributed by atoms with van der Waals surface area (Å²) >= 11 is 6.02. The van der Waals surface area contributed by atoms with Gasteiger partial charge in [-0.25, -0.2) is 17.8 Å². The maximum Gasteiger partial charge on any atom is 0.250 e. The predicted octanol–water partition coefficient (Wildman–Crippen LogP) is 3.75. The third kappa shape index (κ3) is 5.22. The molecule has 0 aliphatic heterocycles. The molecule has 1 aromatic carbocycles. The van der Waals surface area contributed by atoms with Crippen LogP contribution < -0.4 is 10.3 Å².